The highest BCUT2D eigenvalue weighted by Crippen LogP contribution is 2.27. The summed E-state index contributed by atoms with van der Waals surface area (Å²) >= 11 is 3.10. The van der Waals surface area contributed by atoms with Gasteiger partial charge in [-0.2, -0.15) is 0 Å². The molecule has 0 bridgehead atoms. The number of halogens is 3. The van der Waals surface area contributed by atoms with Gasteiger partial charge in [0.15, 0.2) is 11.6 Å². The van der Waals surface area contributed by atoms with Crippen LogP contribution < -0.4 is 5.32 Å². The molecule has 0 radical (unpaired) electrons. The number of rotatable bonds is 3. The van der Waals surface area contributed by atoms with E-state index in [0.717, 1.165) is 12.1 Å². The van der Waals surface area contributed by atoms with Crippen molar-refractivity contribution >= 4 is 33.5 Å². The Morgan fingerprint density at radius 3 is 2.33 bits per heavy atom. The molecule has 0 spiro atoms. The second kappa shape index (κ2) is 6.01. The van der Waals surface area contributed by atoms with E-state index in [9.17, 15) is 18.4 Å². The van der Waals surface area contributed by atoms with Crippen LogP contribution in [-0.4, -0.2) is 17.0 Å². The number of carboxylic acid groups (broad SMARTS) is 1. The molecule has 0 unspecified atom stereocenters. The average molecular weight is 356 g/mol. The number of amides is 1. The largest absolute Gasteiger partial charge is 0.478 e. The Morgan fingerprint density at radius 2 is 1.67 bits per heavy atom. The quantitative estimate of drug-likeness (QED) is 0.882. The van der Waals surface area contributed by atoms with E-state index in [1.807, 2.05) is 0 Å². The highest BCUT2D eigenvalue weighted by molar-refractivity contribution is 9.10. The van der Waals surface area contributed by atoms with E-state index >= 15 is 0 Å². The molecule has 2 N–H and O–H groups in total. The summed E-state index contributed by atoms with van der Waals surface area (Å²) in [5.41, 5.74) is -0.713. The summed E-state index contributed by atoms with van der Waals surface area (Å²) < 4.78 is 27.0. The summed E-state index contributed by atoms with van der Waals surface area (Å²) in [4.78, 5) is 23.1. The molecular weight excluding hydrogens is 348 g/mol. The predicted molar refractivity (Wildman–Crippen MR) is 75.4 cm³/mol. The summed E-state index contributed by atoms with van der Waals surface area (Å²) in [7, 11) is 0. The van der Waals surface area contributed by atoms with Gasteiger partial charge in [0, 0.05) is 4.47 Å². The first-order valence-corrected chi connectivity index (χ1v) is 6.48. The van der Waals surface area contributed by atoms with Gasteiger partial charge in [0.25, 0.3) is 5.91 Å². The van der Waals surface area contributed by atoms with Crippen molar-refractivity contribution in [1.82, 2.24) is 0 Å². The number of nitrogens with one attached hydrogen (secondary N) is 1. The number of carboxylic acids is 1. The number of hydrogen-bond acceptors (Lipinski definition) is 2. The van der Waals surface area contributed by atoms with Crippen LogP contribution in [0.1, 0.15) is 20.7 Å². The van der Waals surface area contributed by atoms with Crippen molar-refractivity contribution in [3.63, 3.8) is 0 Å². The fraction of sp³-hybridized carbons (Fsp3) is 0. The topological polar surface area (TPSA) is 66.4 Å². The Hall–Kier alpha value is -2.28. The van der Waals surface area contributed by atoms with Crippen molar-refractivity contribution < 1.29 is 23.5 Å². The lowest BCUT2D eigenvalue weighted by molar-refractivity contribution is 0.0698. The van der Waals surface area contributed by atoms with E-state index in [-0.39, 0.29) is 11.3 Å². The van der Waals surface area contributed by atoms with Gasteiger partial charge in [0.1, 0.15) is 0 Å². The number of carbonyl (C=O) groups excluding carboxylic acids is 1. The zero-order valence-corrected chi connectivity index (χ0v) is 11.9. The minimum absolute atomic E-state index is 0.0290. The summed E-state index contributed by atoms with van der Waals surface area (Å²) in [6.07, 6.45) is 0. The van der Waals surface area contributed by atoms with E-state index in [1.165, 1.54) is 24.3 Å². The number of para-hydroxylation sites is 1. The molecule has 108 valence electrons. The van der Waals surface area contributed by atoms with E-state index in [1.54, 1.807) is 0 Å². The van der Waals surface area contributed by atoms with E-state index < -0.39 is 29.1 Å². The van der Waals surface area contributed by atoms with Crippen molar-refractivity contribution in [1.29, 1.82) is 0 Å². The summed E-state index contributed by atoms with van der Waals surface area (Å²) in [5, 5.41) is 11.3. The fourth-order valence-corrected chi connectivity index (χ4v) is 2.15. The van der Waals surface area contributed by atoms with E-state index in [0.29, 0.717) is 4.47 Å². The molecular formula is C14H8BrF2NO3. The Balaban J connectivity index is 2.41. The van der Waals surface area contributed by atoms with Crippen LogP contribution in [0, 0.1) is 11.6 Å². The maximum atomic E-state index is 13.6. The first-order valence-electron chi connectivity index (χ1n) is 5.69. The molecule has 2 aromatic rings. The summed E-state index contributed by atoms with van der Waals surface area (Å²) in [5.74, 6) is -4.65. The molecule has 0 saturated carbocycles. The molecule has 21 heavy (non-hydrogen) atoms. The van der Waals surface area contributed by atoms with Crippen LogP contribution in [0.15, 0.2) is 40.9 Å². The maximum absolute atomic E-state index is 13.6. The van der Waals surface area contributed by atoms with Gasteiger partial charge in [-0.3, -0.25) is 4.79 Å². The first-order chi connectivity index (χ1) is 9.91. The van der Waals surface area contributed by atoms with Gasteiger partial charge in [-0.25, -0.2) is 13.6 Å². The Labute approximate surface area is 126 Å². The molecule has 0 heterocycles. The lowest BCUT2D eigenvalue weighted by Crippen LogP contribution is -2.17. The third-order valence-electron chi connectivity index (χ3n) is 2.68. The zero-order chi connectivity index (χ0) is 15.6. The first kappa shape index (κ1) is 15.1. The van der Waals surface area contributed by atoms with Crippen molar-refractivity contribution in [3.8, 4) is 0 Å². The molecule has 7 heteroatoms. The van der Waals surface area contributed by atoms with E-state index in [2.05, 4.69) is 21.2 Å². The van der Waals surface area contributed by atoms with Crippen LogP contribution >= 0.6 is 15.9 Å². The zero-order valence-electron chi connectivity index (χ0n) is 10.4. The second-order valence-electron chi connectivity index (χ2n) is 4.02. The predicted octanol–water partition coefficient (Wildman–Crippen LogP) is 3.68. The van der Waals surface area contributed by atoms with Crippen LogP contribution in [0.3, 0.4) is 0 Å². The average Bonchev–Trinajstić information content (AvgIpc) is 2.43. The van der Waals surface area contributed by atoms with Crippen molar-refractivity contribution in [2.24, 2.45) is 0 Å². The third kappa shape index (κ3) is 3.08. The molecule has 2 rings (SSSR count). The maximum Gasteiger partial charge on any atom is 0.337 e. The van der Waals surface area contributed by atoms with Crippen molar-refractivity contribution in [2.45, 2.75) is 0 Å². The highest BCUT2D eigenvalue weighted by atomic mass is 79.9. The lowest BCUT2D eigenvalue weighted by Gasteiger charge is -2.11. The fourth-order valence-electron chi connectivity index (χ4n) is 1.69. The molecule has 0 aliphatic carbocycles. The smallest absolute Gasteiger partial charge is 0.337 e. The number of aromatic carboxylic acids is 1. The summed E-state index contributed by atoms with van der Waals surface area (Å²) in [6, 6.07) is 7.45. The monoisotopic (exact) mass is 355 g/mol. The molecule has 0 atom stereocenters. The summed E-state index contributed by atoms with van der Waals surface area (Å²) in [6.45, 7) is 0. The number of anilines is 1. The molecule has 2 aromatic carbocycles. The number of carbonyl (C=O) groups is 2. The molecule has 0 aliphatic heterocycles. The molecule has 0 aromatic heterocycles. The molecule has 0 aliphatic rings. The van der Waals surface area contributed by atoms with Crippen LogP contribution in [0.4, 0.5) is 14.5 Å². The second-order valence-corrected chi connectivity index (χ2v) is 4.88. The van der Waals surface area contributed by atoms with Crippen molar-refractivity contribution in [3.05, 3.63) is 63.6 Å². The van der Waals surface area contributed by atoms with Gasteiger partial charge in [0.2, 0.25) is 0 Å². The Kier molecular flexibility index (Phi) is 4.32. The Morgan fingerprint density at radius 1 is 1.05 bits per heavy atom. The van der Waals surface area contributed by atoms with Gasteiger partial charge < -0.3 is 10.4 Å². The van der Waals surface area contributed by atoms with Crippen LogP contribution in [0.25, 0.3) is 0 Å². The highest BCUT2D eigenvalue weighted by Gasteiger charge is 2.19. The van der Waals surface area contributed by atoms with Gasteiger partial charge in [-0.1, -0.05) is 12.1 Å². The van der Waals surface area contributed by atoms with Gasteiger partial charge in [0.05, 0.1) is 16.8 Å². The van der Waals surface area contributed by atoms with Gasteiger partial charge >= 0.3 is 5.97 Å². The van der Waals surface area contributed by atoms with Crippen LogP contribution in [-0.2, 0) is 0 Å². The SMILES string of the molecule is O=C(Nc1c(Br)cccc1C(=O)O)c1cccc(F)c1F. The molecule has 4 nitrogen and oxygen atoms in total. The van der Waals surface area contributed by atoms with Crippen molar-refractivity contribution in [2.75, 3.05) is 5.32 Å². The molecule has 1 amide bonds. The third-order valence-corrected chi connectivity index (χ3v) is 3.34. The minimum atomic E-state index is -1.29. The molecule has 0 saturated heterocycles. The van der Waals surface area contributed by atoms with Crippen LogP contribution in [0.5, 0.6) is 0 Å². The number of hydrogen-bond donors (Lipinski definition) is 2. The lowest BCUT2D eigenvalue weighted by atomic mass is 10.1. The van der Waals surface area contributed by atoms with Gasteiger partial charge in [-0.15, -0.1) is 0 Å². The van der Waals surface area contributed by atoms with Gasteiger partial charge in [-0.05, 0) is 40.2 Å². The van der Waals surface area contributed by atoms with Crippen LogP contribution in [0.2, 0.25) is 0 Å². The standard InChI is InChI=1S/C14H8BrF2NO3/c15-9-5-1-4-8(14(20)21)12(9)18-13(19)7-3-2-6-10(16)11(7)17/h1-6H,(H,18,19)(H,20,21). The number of benzene rings is 2. The molecule has 0 fully saturated rings. The minimum Gasteiger partial charge on any atom is -0.478 e. The normalized spacial score (nSPS) is 10.2. The van der Waals surface area contributed by atoms with E-state index in [4.69, 9.17) is 5.11 Å². The Bertz CT molecular complexity index is 734.